The van der Waals surface area contributed by atoms with Gasteiger partial charge in [0.1, 0.15) is 12.4 Å². The minimum absolute atomic E-state index is 0.602. The van der Waals surface area contributed by atoms with Crippen molar-refractivity contribution in [3.05, 3.63) is 64.9 Å². The molecule has 0 bridgehead atoms. The van der Waals surface area contributed by atoms with E-state index in [1.165, 1.54) is 0 Å². The van der Waals surface area contributed by atoms with E-state index in [-0.39, 0.29) is 0 Å². The standard InChI is InChI=1S/C17H18BrN5O/c1-22(11-12-24-16-9-7-14(18)8-10-16)13-17-19-20-21-23(17)15-5-3-2-4-6-15/h2-10H,11-13H2,1H3. The number of halogens is 1. The van der Waals surface area contributed by atoms with E-state index in [1.54, 1.807) is 4.68 Å². The molecule has 0 aliphatic heterocycles. The third-order valence-corrected chi connectivity index (χ3v) is 4.03. The molecular formula is C17H18BrN5O. The van der Waals surface area contributed by atoms with E-state index >= 15 is 0 Å². The van der Waals surface area contributed by atoms with Gasteiger partial charge in [-0.1, -0.05) is 34.1 Å². The highest BCUT2D eigenvalue weighted by atomic mass is 79.9. The maximum Gasteiger partial charge on any atom is 0.170 e. The van der Waals surface area contributed by atoms with Crippen LogP contribution in [0.4, 0.5) is 0 Å². The van der Waals surface area contributed by atoms with Crippen LogP contribution in [0.25, 0.3) is 5.69 Å². The molecule has 124 valence electrons. The molecule has 0 saturated carbocycles. The number of likely N-dealkylation sites (N-methyl/N-ethyl adjacent to an activating group) is 1. The summed E-state index contributed by atoms with van der Waals surface area (Å²) in [5.41, 5.74) is 0.956. The van der Waals surface area contributed by atoms with Crippen molar-refractivity contribution in [1.29, 1.82) is 0 Å². The maximum absolute atomic E-state index is 5.74. The third-order valence-electron chi connectivity index (χ3n) is 3.50. The highest BCUT2D eigenvalue weighted by Crippen LogP contribution is 2.16. The second-order valence-electron chi connectivity index (χ2n) is 5.38. The number of hydrogen-bond acceptors (Lipinski definition) is 5. The molecule has 0 spiro atoms. The van der Waals surface area contributed by atoms with Crippen molar-refractivity contribution in [2.75, 3.05) is 20.2 Å². The Balaban J connectivity index is 1.53. The van der Waals surface area contributed by atoms with E-state index < -0.39 is 0 Å². The monoisotopic (exact) mass is 387 g/mol. The van der Waals surface area contributed by atoms with Gasteiger partial charge in [0.05, 0.1) is 12.2 Å². The first-order valence-corrected chi connectivity index (χ1v) is 8.41. The molecule has 2 aromatic carbocycles. The second-order valence-corrected chi connectivity index (χ2v) is 6.30. The van der Waals surface area contributed by atoms with Crippen molar-refractivity contribution in [2.24, 2.45) is 0 Å². The molecule has 0 fully saturated rings. The van der Waals surface area contributed by atoms with E-state index in [4.69, 9.17) is 4.74 Å². The Morgan fingerprint density at radius 1 is 1.08 bits per heavy atom. The molecule has 3 rings (SSSR count). The molecule has 0 radical (unpaired) electrons. The van der Waals surface area contributed by atoms with Crippen molar-refractivity contribution < 1.29 is 4.74 Å². The lowest BCUT2D eigenvalue weighted by Gasteiger charge is -2.16. The van der Waals surface area contributed by atoms with Crippen molar-refractivity contribution in [3.63, 3.8) is 0 Å². The summed E-state index contributed by atoms with van der Waals surface area (Å²) in [5, 5.41) is 12.0. The first kappa shape index (κ1) is 16.6. The van der Waals surface area contributed by atoms with Gasteiger partial charge < -0.3 is 4.74 Å². The fourth-order valence-electron chi connectivity index (χ4n) is 2.24. The van der Waals surface area contributed by atoms with E-state index in [9.17, 15) is 0 Å². The molecule has 24 heavy (non-hydrogen) atoms. The molecule has 0 amide bonds. The summed E-state index contributed by atoms with van der Waals surface area (Å²) in [7, 11) is 2.02. The summed E-state index contributed by atoms with van der Waals surface area (Å²) in [5.74, 6) is 1.66. The van der Waals surface area contributed by atoms with Crippen molar-refractivity contribution in [1.82, 2.24) is 25.1 Å². The molecule has 3 aromatic rings. The van der Waals surface area contributed by atoms with Crippen molar-refractivity contribution in [2.45, 2.75) is 6.54 Å². The van der Waals surface area contributed by atoms with Crippen LogP contribution >= 0.6 is 15.9 Å². The van der Waals surface area contributed by atoms with Gasteiger partial charge in [0, 0.05) is 11.0 Å². The average Bonchev–Trinajstić information content (AvgIpc) is 3.05. The number of rotatable bonds is 7. The predicted octanol–water partition coefficient (Wildman–Crippen LogP) is 2.94. The summed E-state index contributed by atoms with van der Waals surface area (Å²) >= 11 is 3.41. The first-order valence-electron chi connectivity index (χ1n) is 7.62. The summed E-state index contributed by atoms with van der Waals surface area (Å²) in [6.45, 7) is 2.02. The van der Waals surface area contributed by atoms with Gasteiger partial charge in [-0.2, -0.15) is 4.68 Å². The van der Waals surface area contributed by atoms with Gasteiger partial charge in [-0.05, 0) is 53.9 Å². The van der Waals surface area contributed by atoms with Gasteiger partial charge in [0.25, 0.3) is 0 Å². The first-order chi connectivity index (χ1) is 11.7. The topological polar surface area (TPSA) is 56.1 Å². The number of aromatic nitrogens is 4. The quantitative estimate of drug-likeness (QED) is 0.623. The van der Waals surface area contributed by atoms with Gasteiger partial charge in [-0.3, -0.25) is 4.90 Å². The SMILES string of the molecule is CN(CCOc1ccc(Br)cc1)Cc1nnnn1-c1ccccc1. The Kier molecular flexibility index (Phi) is 5.55. The lowest BCUT2D eigenvalue weighted by Crippen LogP contribution is -2.25. The number of para-hydroxylation sites is 1. The largest absolute Gasteiger partial charge is 0.492 e. The Morgan fingerprint density at radius 2 is 1.83 bits per heavy atom. The molecule has 1 heterocycles. The van der Waals surface area contributed by atoms with Crippen molar-refractivity contribution in [3.8, 4) is 11.4 Å². The fourth-order valence-corrected chi connectivity index (χ4v) is 2.51. The van der Waals surface area contributed by atoms with Crippen LogP contribution in [0.3, 0.4) is 0 Å². The Bertz CT molecular complexity index is 760. The molecule has 7 heteroatoms. The highest BCUT2D eigenvalue weighted by molar-refractivity contribution is 9.10. The molecule has 1 aromatic heterocycles. The molecule has 0 saturated heterocycles. The highest BCUT2D eigenvalue weighted by Gasteiger charge is 2.10. The lowest BCUT2D eigenvalue weighted by molar-refractivity contribution is 0.228. The minimum atomic E-state index is 0.602. The smallest absolute Gasteiger partial charge is 0.170 e. The zero-order valence-electron chi connectivity index (χ0n) is 13.3. The number of tetrazole rings is 1. The van der Waals surface area contributed by atoms with Crippen LogP contribution in [-0.4, -0.2) is 45.3 Å². The van der Waals surface area contributed by atoms with Gasteiger partial charge >= 0.3 is 0 Å². The van der Waals surface area contributed by atoms with E-state index in [0.29, 0.717) is 13.2 Å². The van der Waals surface area contributed by atoms with Gasteiger partial charge in [-0.25, -0.2) is 0 Å². The van der Waals surface area contributed by atoms with Crippen LogP contribution in [0.1, 0.15) is 5.82 Å². The molecule has 0 aliphatic rings. The van der Waals surface area contributed by atoms with Gasteiger partial charge in [-0.15, -0.1) is 5.10 Å². The Morgan fingerprint density at radius 3 is 2.58 bits per heavy atom. The Hall–Kier alpha value is -2.25. The number of hydrogen-bond donors (Lipinski definition) is 0. The molecule has 6 nitrogen and oxygen atoms in total. The minimum Gasteiger partial charge on any atom is -0.492 e. The fraction of sp³-hybridized carbons (Fsp3) is 0.235. The summed E-state index contributed by atoms with van der Waals surface area (Å²) in [4.78, 5) is 2.13. The van der Waals surface area contributed by atoms with E-state index in [0.717, 1.165) is 28.3 Å². The van der Waals surface area contributed by atoms with Crippen LogP contribution in [-0.2, 0) is 6.54 Å². The Labute approximate surface area is 149 Å². The summed E-state index contributed by atoms with van der Waals surface area (Å²) < 4.78 is 8.54. The van der Waals surface area contributed by atoms with Crippen molar-refractivity contribution >= 4 is 15.9 Å². The average molecular weight is 388 g/mol. The van der Waals surface area contributed by atoms with Gasteiger partial charge in [0.15, 0.2) is 5.82 Å². The normalized spacial score (nSPS) is 11.0. The van der Waals surface area contributed by atoms with Crippen LogP contribution in [0, 0.1) is 0 Å². The number of ether oxygens (including phenoxy) is 1. The third kappa shape index (κ3) is 4.39. The van der Waals surface area contributed by atoms with Crippen LogP contribution in [0.15, 0.2) is 59.1 Å². The van der Waals surface area contributed by atoms with Gasteiger partial charge in [0.2, 0.25) is 0 Å². The number of benzene rings is 2. The second kappa shape index (κ2) is 8.03. The van der Waals surface area contributed by atoms with Crippen LogP contribution in [0.2, 0.25) is 0 Å². The van der Waals surface area contributed by atoms with Crippen LogP contribution in [0.5, 0.6) is 5.75 Å². The molecule has 0 N–H and O–H groups in total. The predicted molar refractivity (Wildman–Crippen MR) is 95.1 cm³/mol. The molecule has 0 atom stereocenters. The molecule has 0 aliphatic carbocycles. The summed E-state index contributed by atoms with van der Waals surface area (Å²) in [6, 6.07) is 17.7. The maximum atomic E-state index is 5.74. The van der Waals surface area contributed by atoms with E-state index in [2.05, 4.69) is 36.4 Å². The molecular weight excluding hydrogens is 370 g/mol. The van der Waals surface area contributed by atoms with E-state index in [1.807, 2.05) is 61.6 Å². The lowest BCUT2D eigenvalue weighted by atomic mass is 10.3. The number of nitrogens with zero attached hydrogens (tertiary/aromatic N) is 5. The molecule has 0 unspecified atom stereocenters. The zero-order chi connectivity index (χ0) is 16.8. The zero-order valence-corrected chi connectivity index (χ0v) is 14.9. The summed E-state index contributed by atoms with van der Waals surface area (Å²) in [6.07, 6.45) is 0. The van der Waals surface area contributed by atoms with Crippen LogP contribution < -0.4 is 4.74 Å².